The van der Waals surface area contributed by atoms with E-state index in [9.17, 15) is 4.79 Å². The number of carbonyl (C=O) groups is 1. The normalized spacial score (nSPS) is 17.0. The lowest BCUT2D eigenvalue weighted by atomic mass is 10.1. The molecule has 1 atom stereocenters. The average Bonchev–Trinajstić information content (AvgIpc) is 3.02. The number of hydrogen-bond acceptors (Lipinski definition) is 5. The Balaban J connectivity index is 1.69. The Labute approximate surface area is 145 Å². The molecule has 1 aliphatic rings. The Kier molecular flexibility index (Phi) is 4.85. The first-order chi connectivity index (χ1) is 11.6. The number of amides is 1. The fourth-order valence-corrected chi connectivity index (χ4v) is 2.87. The smallest absolute Gasteiger partial charge is 0.257 e. The van der Waals surface area contributed by atoms with E-state index in [1.54, 1.807) is 35.4 Å². The highest BCUT2D eigenvalue weighted by Gasteiger charge is 2.30. The standard InChI is InChI=1S/C17H18ClN3O3/c1-11-19-7-5-16(20-11)24-13-6-8-21(10-13)17(22)14-9-12(18)3-4-15(14)23-2/h3-5,7,9,13H,6,8,10H2,1-2H3. The van der Waals surface area contributed by atoms with Crippen molar-refractivity contribution in [2.75, 3.05) is 20.2 Å². The first kappa shape index (κ1) is 16.5. The molecule has 0 bridgehead atoms. The molecule has 1 aromatic carbocycles. The number of hydrogen-bond donors (Lipinski definition) is 0. The maximum absolute atomic E-state index is 12.7. The van der Waals surface area contributed by atoms with Crippen LogP contribution in [0.5, 0.6) is 11.6 Å². The molecule has 0 radical (unpaired) electrons. The summed E-state index contributed by atoms with van der Waals surface area (Å²) in [6, 6.07) is 6.75. The summed E-state index contributed by atoms with van der Waals surface area (Å²) in [7, 11) is 1.54. The SMILES string of the molecule is COc1ccc(Cl)cc1C(=O)N1CCC(Oc2ccnc(C)n2)C1. The van der Waals surface area contributed by atoms with Gasteiger partial charge in [-0.1, -0.05) is 11.6 Å². The van der Waals surface area contributed by atoms with Crippen molar-refractivity contribution < 1.29 is 14.3 Å². The van der Waals surface area contributed by atoms with Gasteiger partial charge in [0.15, 0.2) is 0 Å². The highest BCUT2D eigenvalue weighted by Crippen LogP contribution is 2.26. The molecule has 24 heavy (non-hydrogen) atoms. The minimum atomic E-state index is -0.112. The van der Waals surface area contributed by atoms with Crippen molar-refractivity contribution >= 4 is 17.5 Å². The zero-order valence-electron chi connectivity index (χ0n) is 13.5. The van der Waals surface area contributed by atoms with E-state index in [-0.39, 0.29) is 12.0 Å². The van der Waals surface area contributed by atoms with E-state index in [4.69, 9.17) is 21.1 Å². The van der Waals surface area contributed by atoms with Crippen LogP contribution in [0.2, 0.25) is 5.02 Å². The van der Waals surface area contributed by atoms with Gasteiger partial charge in [-0.15, -0.1) is 0 Å². The predicted octanol–water partition coefficient (Wildman–Crippen LogP) is 2.74. The summed E-state index contributed by atoms with van der Waals surface area (Å²) in [5.74, 6) is 1.59. The largest absolute Gasteiger partial charge is 0.496 e. The number of aromatic nitrogens is 2. The molecule has 1 aromatic heterocycles. The number of rotatable bonds is 4. The molecule has 3 rings (SSSR count). The Morgan fingerprint density at radius 1 is 1.38 bits per heavy atom. The molecule has 1 fully saturated rings. The quantitative estimate of drug-likeness (QED) is 0.850. The molecule has 0 spiro atoms. The third kappa shape index (κ3) is 3.59. The highest BCUT2D eigenvalue weighted by molar-refractivity contribution is 6.31. The zero-order valence-corrected chi connectivity index (χ0v) is 14.3. The molecule has 1 aliphatic heterocycles. The van der Waals surface area contributed by atoms with Crippen molar-refractivity contribution in [1.29, 1.82) is 0 Å². The van der Waals surface area contributed by atoms with E-state index in [1.807, 2.05) is 6.92 Å². The fraction of sp³-hybridized carbons (Fsp3) is 0.353. The number of nitrogens with zero attached hydrogens (tertiary/aromatic N) is 3. The second-order valence-corrected chi connectivity index (χ2v) is 6.00. The van der Waals surface area contributed by atoms with E-state index >= 15 is 0 Å². The van der Waals surface area contributed by atoms with Crippen LogP contribution in [-0.2, 0) is 0 Å². The van der Waals surface area contributed by atoms with Crippen LogP contribution in [0.1, 0.15) is 22.6 Å². The lowest BCUT2D eigenvalue weighted by Crippen LogP contribution is -2.31. The molecule has 0 saturated carbocycles. The summed E-state index contributed by atoms with van der Waals surface area (Å²) in [6.45, 7) is 2.92. The number of carbonyl (C=O) groups excluding carboxylic acids is 1. The lowest BCUT2D eigenvalue weighted by molar-refractivity contribution is 0.0767. The van der Waals surface area contributed by atoms with Crippen LogP contribution in [-0.4, -0.2) is 47.1 Å². The third-order valence-corrected chi connectivity index (χ3v) is 4.10. The lowest BCUT2D eigenvalue weighted by Gasteiger charge is -2.18. The summed E-state index contributed by atoms with van der Waals surface area (Å²) in [4.78, 5) is 22.8. The second-order valence-electron chi connectivity index (χ2n) is 5.57. The zero-order chi connectivity index (χ0) is 17.1. The first-order valence-electron chi connectivity index (χ1n) is 7.66. The number of ether oxygens (including phenoxy) is 2. The van der Waals surface area contributed by atoms with Crippen LogP contribution in [0.25, 0.3) is 0 Å². The van der Waals surface area contributed by atoms with Gasteiger partial charge in [0.2, 0.25) is 5.88 Å². The van der Waals surface area contributed by atoms with E-state index < -0.39 is 0 Å². The van der Waals surface area contributed by atoms with Gasteiger partial charge in [-0.2, -0.15) is 4.98 Å². The fourth-order valence-electron chi connectivity index (χ4n) is 2.70. The van der Waals surface area contributed by atoms with Gasteiger partial charge in [-0.05, 0) is 25.1 Å². The summed E-state index contributed by atoms with van der Waals surface area (Å²) >= 11 is 6.01. The van der Waals surface area contributed by atoms with Crippen molar-refractivity contribution in [3.05, 3.63) is 46.9 Å². The molecule has 0 N–H and O–H groups in total. The number of halogens is 1. The molecule has 0 aliphatic carbocycles. The van der Waals surface area contributed by atoms with E-state index in [2.05, 4.69) is 9.97 Å². The molecular formula is C17H18ClN3O3. The minimum absolute atomic E-state index is 0.0894. The molecule has 6 nitrogen and oxygen atoms in total. The van der Waals surface area contributed by atoms with Gasteiger partial charge >= 0.3 is 0 Å². The Hall–Kier alpha value is -2.34. The second kappa shape index (κ2) is 7.05. The molecule has 7 heteroatoms. The topological polar surface area (TPSA) is 64.5 Å². The summed E-state index contributed by atoms with van der Waals surface area (Å²) in [5, 5.41) is 0.502. The van der Waals surface area contributed by atoms with Crippen LogP contribution in [0.4, 0.5) is 0 Å². The summed E-state index contributed by atoms with van der Waals surface area (Å²) in [6.07, 6.45) is 2.32. The number of likely N-dealkylation sites (tertiary alicyclic amines) is 1. The van der Waals surface area contributed by atoms with Crippen molar-refractivity contribution in [2.24, 2.45) is 0 Å². The van der Waals surface area contributed by atoms with E-state index in [0.29, 0.717) is 41.1 Å². The predicted molar refractivity (Wildman–Crippen MR) is 89.7 cm³/mol. The van der Waals surface area contributed by atoms with Crippen molar-refractivity contribution in [2.45, 2.75) is 19.4 Å². The molecule has 2 aromatic rings. The van der Waals surface area contributed by atoms with Gasteiger partial charge in [-0.3, -0.25) is 4.79 Å². The monoisotopic (exact) mass is 347 g/mol. The molecular weight excluding hydrogens is 330 g/mol. The third-order valence-electron chi connectivity index (χ3n) is 3.86. The van der Waals surface area contributed by atoms with Gasteiger partial charge < -0.3 is 14.4 Å². The summed E-state index contributed by atoms with van der Waals surface area (Å²) in [5.41, 5.74) is 0.462. The Bertz CT molecular complexity index is 754. The van der Waals surface area contributed by atoms with E-state index in [0.717, 1.165) is 6.42 Å². The van der Waals surface area contributed by atoms with Gasteiger partial charge in [0.25, 0.3) is 5.91 Å². The van der Waals surface area contributed by atoms with Gasteiger partial charge in [-0.25, -0.2) is 4.98 Å². The average molecular weight is 348 g/mol. The number of aryl methyl sites for hydroxylation is 1. The number of benzene rings is 1. The van der Waals surface area contributed by atoms with Crippen LogP contribution in [0.3, 0.4) is 0 Å². The molecule has 1 amide bonds. The van der Waals surface area contributed by atoms with Crippen LogP contribution >= 0.6 is 11.6 Å². The number of methoxy groups -OCH3 is 1. The maximum Gasteiger partial charge on any atom is 0.257 e. The van der Waals surface area contributed by atoms with Gasteiger partial charge in [0, 0.05) is 30.3 Å². The van der Waals surface area contributed by atoms with E-state index in [1.165, 1.54) is 7.11 Å². The van der Waals surface area contributed by atoms with Gasteiger partial charge in [0.05, 0.1) is 19.2 Å². The Morgan fingerprint density at radius 2 is 2.21 bits per heavy atom. The molecule has 126 valence electrons. The Morgan fingerprint density at radius 3 is 2.96 bits per heavy atom. The van der Waals surface area contributed by atoms with Crippen molar-refractivity contribution in [3.63, 3.8) is 0 Å². The highest BCUT2D eigenvalue weighted by atomic mass is 35.5. The van der Waals surface area contributed by atoms with Crippen molar-refractivity contribution in [1.82, 2.24) is 14.9 Å². The van der Waals surface area contributed by atoms with Crippen LogP contribution in [0.15, 0.2) is 30.5 Å². The van der Waals surface area contributed by atoms with Crippen LogP contribution < -0.4 is 9.47 Å². The molecule has 1 unspecified atom stereocenters. The maximum atomic E-state index is 12.7. The molecule has 1 saturated heterocycles. The first-order valence-corrected chi connectivity index (χ1v) is 8.03. The minimum Gasteiger partial charge on any atom is -0.496 e. The van der Waals surface area contributed by atoms with Crippen LogP contribution in [0, 0.1) is 6.92 Å². The summed E-state index contributed by atoms with van der Waals surface area (Å²) < 4.78 is 11.1. The van der Waals surface area contributed by atoms with Gasteiger partial charge in [0.1, 0.15) is 17.7 Å². The molecule has 2 heterocycles. The van der Waals surface area contributed by atoms with Crippen molar-refractivity contribution in [3.8, 4) is 11.6 Å².